The smallest absolute Gasteiger partial charge is 0.158 e. The fourth-order valence-electron chi connectivity index (χ4n) is 1.83. The number of fused-ring (bicyclic) bond motifs is 1. The van der Waals surface area contributed by atoms with Crippen LogP contribution in [0.4, 0.5) is 0 Å². The van der Waals surface area contributed by atoms with E-state index < -0.39 is 6.10 Å². The van der Waals surface area contributed by atoms with Gasteiger partial charge in [-0.3, -0.25) is 4.79 Å². The number of benzene rings is 1. The predicted molar refractivity (Wildman–Crippen MR) is 63.3 cm³/mol. The summed E-state index contributed by atoms with van der Waals surface area (Å²) in [4.78, 5) is 14.1. The lowest BCUT2D eigenvalue weighted by molar-refractivity contribution is -0.125. The van der Waals surface area contributed by atoms with E-state index in [0.29, 0.717) is 12.8 Å². The number of aryl methyl sites for hydroxylation is 1. The van der Waals surface area contributed by atoms with Gasteiger partial charge in [-0.25, -0.2) is 0 Å². The second-order valence-corrected chi connectivity index (χ2v) is 4.02. The molecular formula is C13H15NO2. The maximum atomic E-state index is 10.9. The molecule has 0 saturated carbocycles. The van der Waals surface area contributed by atoms with Gasteiger partial charge in [0.2, 0.25) is 0 Å². The number of Topliss-reactive ketones (excluding diaryl/α,β-unsaturated/α-hetero) is 1. The van der Waals surface area contributed by atoms with Crippen molar-refractivity contribution in [3.63, 3.8) is 0 Å². The van der Waals surface area contributed by atoms with E-state index in [1.54, 1.807) is 0 Å². The van der Waals surface area contributed by atoms with Gasteiger partial charge in [-0.2, -0.15) is 0 Å². The zero-order chi connectivity index (χ0) is 11.5. The highest BCUT2D eigenvalue weighted by Crippen LogP contribution is 2.19. The molecule has 0 saturated heterocycles. The highest BCUT2D eigenvalue weighted by molar-refractivity contribution is 5.83. The Labute approximate surface area is 94.1 Å². The number of carbonyl (C=O) groups excluding carboxylic acids is 1. The van der Waals surface area contributed by atoms with Gasteiger partial charge in [-0.1, -0.05) is 18.2 Å². The van der Waals surface area contributed by atoms with Crippen LogP contribution in [-0.4, -0.2) is 22.0 Å². The van der Waals surface area contributed by atoms with E-state index in [9.17, 15) is 9.90 Å². The summed E-state index contributed by atoms with van der Waals surface area (Å²) in [7, 11) is 0. The van der Waals surface area contributed by atoms with Crippen LogP contribution in [0.15, 0.2) is 30.5 Å². The first kappa shape index (κ1) is 10.9. The minimum absolute atomic E-state index is 0.167. The molecule has 0 amide bonds. The van der Waals surface area contributed by atoms with Crippen LogP contribution in [0.5, 0.6) is 0 Å². The lowest BCUT2D eigenvalue weighted by atomic mass is 10.0. The number of hydrogen-bond donors (Lipinski definition) is 2. The van der Waals surface area contributed by atoms with Crippen LogP contribution in [0, 0.1) is 0 Å². The molecule has 3 nitrogen and oxygen atoms in total. The topological polar surface area (TPSA) is 53.1 Å². The molecule has 2 rings (SSSR count). The van der Waals surface area contributed by atoms with Crippen molar-refractivity contribution in [2.75, 3.05) is 0 Å². The zero-order valence-electron chi connectivity index (χ0n) is 9.23. The molecule has 16 heavy (non-hydrogen) atoms. The Morgan fingerprint density at radius 3 is 2.94 bits per heavy atom. The fourth-order valence-corrected chi connectivity index (χ4v) is 1.83. The lowest BCUT2D eigenvalue weighted by Crippen LogP contribution is -2.17. The Balaban J connectivity index is 2.13. The van der Waals surface area contributed by atoms with Crippen molar-refractivity contribution in [1.29, 1.82) is 0 Å². The van der Waals surface area contributed by atoms with Crippen molar-refractivity contribution in [2.45, 2.75) is 25.9 Å². The number of aliphatic hydroxyl groups is 1. The summed E-state index contributed by atoms with van der Waals surface area (Å²) in [6.45, 7) is 1.42. The number of hydrogen-bond acceptors (Lipinski definition) is 2. The molecule has 1 atom stereocenters. The van der Waals surface area contributed by atoms with E-state index in [1.165, 1.54) is 12.3 Å². The van der Waals surface area contributed by atoms with E-state index in [0.717, 1.165) is 11.1 Å². The summed E-state index contributed by atoms with van der Waals surface area (Å²) >= 11 is 0. The summed E-state index contributed by atoms with van der Waals surface area (Å²) in [6.07, 6.45) is 2.30. The molecule has 2 aromatic rings. The van der Waals surface area contributed by atoms with E-state index in [2.05, 4.69) is 4.98 Å². The van der Waals surface area contributed by atoms with E-state index in [-0.39, 0.29) is 5.78 Å². The first-order valence-corrected chi connectivity index (χ1v) is 5.42. The molecule has 0 radical (unpaired) electrons. The Morgan fingerprint density at radius 2 is 2.19 bits per heavy atom. The van der Waals surface area contributed by atoms with Gasteiger partial charge in [-0.15, -0.1) is 0 Å². The summed E-state index contributed by atoms with van der Waals surface area (Å²) in [5.41, 5.74) is 2.24. The maximum absolute atomic E-state index is 10.9. The Bertz CT molecular complexity index is 501. The molecule has 0 fully saturated rings. The number of rotatable bonds is 4. The number of aromatic amines is 1. The van der Waals surface area contributed by atoms with Crippen molar-refractivity contribution >= 4 is 16.7 Å². The fraction of sp³-hybridized carbons (Fsp3) is 0.308. The van der Waals surface area contributed by atoms with Gasteiger partial charge < -0.3 is 10.1 Å². The van der Waals surface area contributed by atoms with Crippen LogP contribution in [0.2, 0.25) is 0 Å². The van der Waals surface area contributed by atoms with Crippen molar-refractivity contribution < 1.29 is 9.90 Å². The number of nitrogens with one attached hydrogen (secondary N) is 1. The summed E-state index contributed by atoms with van der Waals surface area (Å²) in [5.74, 6) is -0.167. The van der Waals surface area contributed by atoms with Gasteiger partial charge >= 0.3 is 0 Å². The second kappa shape index (κ2) is 4.49. The van der Waals surface area contributed by atoms with Crippen molar-refractivity contribution in [2.24, 2.45) is 0 Å². The SMILES string of the molecule is CC(=O)C(O)CCc1c[nH]c2ccccc12. The number of para-hydroxylation sites is 1. The molecule has 1 aromatic carbocycles. The molecule has 0 aliphatic heterocycles. The summed E-state index contributed by atoms with van der Waals surface area (Å²) in [5, 5.41) is 10.6. The third kappa shape index (κ3) is 2.14. The third-order valence-electron chi connectivity index (χ3n) is 2.83. The normalized spacial score (nSPS) is 12.9. The molecule has 1 heterocycles. The molecule has 2 N–H and O–H groups in total. The van der Waals surface area contributed by atoms with E-state index >= 15 is 0 Å². The predicted octanol–water partition coefficient (Wildman–Crippen LogP) is 2.05. The second-order valence-electron chi connectivity index (χ2n) is 4.02. The minimum Gasteiger partial charge on any atom is -0.385 e. The number of aliphatic hydroxyl groups excluding tert-OH is 1. The van der Waals surface area contributed by atoms with Crippen LogP contribution >= 0.6 is 0 Å². The van der Waals surface area contributed by atoms with Gasteiger partial charge in [-0.05, 0) is 31.4 Å². The number of ketones is 1. The van der Waals surface area contributed by atoms with Crippen LogP contribution in [-0.2, 0) is 11.2 Å². The largest absolute Gasteiger partial charge is 0.385 e. The van der Waals surface area contributed by atoms with Gasteiger partial charge in [0.1, 0.15) is 6.10 Å². The molecule has 0 aliphatic rings. The average Bonchev–Trinajstić information content (AvgIpc) is 2.69. The molecule has 0 aliphatic carbocycles. The maximum Gasteiger partial charge on any atom is 0.158 e. The average molecular weight is 217 g/mol. The third-order valence-corrected chi connectivity index (χ3v) is 2.83. The monoisotopic (exact) mass is 217 g/mol. The molecule has 0 bridgehead atoms. The first-order valence-electron chi connectivity index (χ1n) is 5.42. The molecule has 0 spiro atoms. The van der Waals surface area contributed by atoms with Gasteiger partial charge in [0, 0.05) is 17.1 Å². The van der Waals surface area contributed by atoms with Crippen LogP contribution < -0.4 is 0 Å². The first-order chi connectivity index (χ1) is 7.68. The molecule has 1 unspecified atom stereocenters. The van der Waals surface area contributed by atoms with Gasteiger partial charge in [0.25, 0.3) is 0 Å². The lowest BCUT2D eigenvalue weighted by Gasteiger charge is -2.05. The van der Waals surface area contributed by atoms with Gasteiger partial charge in [0.15, 0.2) is 5.78 Å². The van der Waals surface area contributed by atoms with E-state index in [1.807, 2.05) is 30.5 Å². The Morgan fingerprint density at radius 1 is 1.44 bits per heavy atom. The van der Waals surface area contributed by atoms with Crippen molar-refractivity contribution in [3.8, 4) is 0 Å². The van der Waals surface area contributed by atoms with Gasteiger partial charge in [0.05, 0.1) is 0 Å². The molecule has 84 valence electrons. The Kier molecular flexibility index (Phi) is 3.06. The summed E-state index contributed by atoms with van der Waals surface area (Å²) in [6, 6.07) is 8.02. The highest BCUT2D eigenvalue weighted by atomic mass is 16.3. The Hall–Kier alpha value is -1.61. The highest BCUT2D eigenvalue weighted by Gasteiger charge is 2.11. The van der Waals surface area contributed by atoms with Crippen LogP contribution in [0.1, 0.15) is 18.9 Å². The number of aromatic nitrogens is 1. The molecular weight excluding hydrogens is 202 g/mol. The van der Waals surface area contributed by atoms with Crippen LogP contribution in [0.25, 0.3) is 10.9 Å². The van der Waals surface area contributed by atoms with Crippen LogP contribution in [0.3, 0.4) is 0 Å². The quantitative estimate of drug-likeness (QED) is 0.823. The van der Waals surface area contributed by atoms with Crippen molar-refractivity contribution in [3.05, 3.63) is 36.0 Å². The number of H-pyrrole nitrogens is 1. The molecule has 1 aromatic heterocycles. The standard InChI is InChI=1S/C13H15NO2/c1-9(15)13(16)7-6-10-8-14-12-5-3-2-4-11(10)12/h2-5,8,13-14,16H,6-7H2,1H3. The zero-order valence-corrected chi connectivity index (χ0v) is 9.23. The van der Waals surface area contributed by atoms with Crippen molar-refractivity contribution in [1.82, 2.24) is 4.98 Å². The minimum atomic E-state index is -0.839. The molecule has 3 heteroatoms. The summed E-state index contributed by atoms with van der Waals surface area (Å²) < 4.78 is 0. The number of carbonyl (C=O) groups is 1. The van der Waals surface area contributed by atoms with E-state index in [4.69, 9.17) is 0 Å².